The number of rotatable bonds is 3. The van der Waals surface area contributed by atoms with E-state index in [9.17, 15) is 8.42 Å². The summed E-state index contributed by atoms with van der Waals surface area (Å²) in [6, 6.07) is 8.13. The van der Waals surface area contributed by atoms with Gasteiger partial charge in [-0.3, -0.25) is 9.99 Å². The molecular weight excluding hydrogens is 324 g/mol. The molecule has 0 saturated carbocycles. The Morgan fingerprint density at radius 1 is 1.23 bits per heavy atom. The zero-order valence-corrected chi connectivity index (χ0v) is 13.3. The van der Waals surface area contributed by atoms with Crippen LogP contribution in [0.3, 0.4) is 0 Å². The lowest BCUT2D eigenvalue weighted by Crippen LogP contribution is -2.46. The number of sulfonamides is 1. The molecule has 0 atom stereocenters. The Kier molecular flexibility index (Phi) is 3.86. The van der Waals surface area contributed by atoms with E-state index in [1.165, 1.54) is 6.07 Å². The number of nitrogens with zero attached hydrogens (tertiary/aromatic N) is 3. The predicted molar refractivity (Wildman–Crippen MR) is 85.6 cm³/mol. The lowest BCUT2D eigenvalue weighted by Gasteiger charge is -2.30. The quantitative estimate of drug-likeness (QED) is 0.930. The molecule has 0 amide bonds. The number of hydrogen-bond acceptors (Lipinski definition) is 5. The van der Waals surface area contributed by atoms with Gasteiger partial charge in [0.2, 0.25) is 0 Å². The maximum Gasteiger partial charge on any atom is 0.286 e. The molecule has 0 spiro atoms. The molecule has 1 N–H and O–H groups in total. The minimum absolute atomic E-state index is 0.0822. The standard InChI is InChI=1S/C14H13ClN4O2S/c1-2-17-19-12-4-3-11(15)9-13(12)22(20,21)18-14(19)10-5-7-16-8-6-10/h3-9,17H,2H2,1H3. The molecule has 6 nitrogen and oxygen atoms in total. The molecule has 2 aromatic rings. The second-order valence-electron chi connectivity index (χ2n) is 4.58. The second-order valence-corrected chi connectivity index (χ2v) is 6.59. The lowest BCUT2D eigenvalue weighted by atomic mass is 10.2. The van der Waals surface area contributed by atoms with Crippen molar-refractivity contribution in [3.63, 3.8) is 0 Å². The van der Waals surface area contributed by atoms with E-state index in [1.54, 1.807) is 41.7 Å². The van der Waals surface area contributed by atoms with Crippen LogP contribution < -0.4 is 10.4 Å². The molecule has 8 heteroatoms. The fourth-order valence-electron chi connectivity index (χ4n) is 2.20. The number of benzene rings is 1. The van der Waals surface area contributed by atoms with Crippen LogP contribution in [0.2, 0.25) is 5.02 Å². The molecule has 0 fully saturated rings. The van der Waals surface area contributed by atoms with E-state index >= 15 is 0 Å². The van der Waals surface area contributed by atoms with Crippen molar-refractivity contribution in [1.29, 1.82) is 0 Å². The average Bonchev–Trinajstić information content (AvgIpc) is 2.51. The van der Waals surface area contributed by atoms with Crippen molar-refractivity contribution in [2.24, 2.45) is 4.40 Å². The Bertz CT molecular complexity index is 837. The highest BCUT2D eigenvalue weighted by atomic mass is 35.5. The van der Waals surface area contributed by atoms with Crippen LogP contribution in [0.4, 0.5) is 5.69 Å². The highest BCUT2D eigenvalue weighted by Crippen LogP contribution is 2.33. The first-order chi connectivity index (χ1) is 10.5. The number of hydrazine groups is 1. The van der Waals surface area contributed by atoms with Crippen LogP contribution >= 0.6 is 11.6 Å². The fourth-order valence-corrected chi connectivity index (χ4v) is 3.65. The summed E-state index contributed by atoms with van der Waals surface area (Å²) in [4.78, 5) is 4.02. The van der Waals surface area contributed by atoms with E-state index in [1.807, 2.05) is 6.92 Å². The number of nitrogens with one attached hydrogen (secondary N) is 1. The Hall–Kier alpha value is -1.96. The molecule has 1 aromatic heterocycles. The van der Waals surface area contributed by atoms with Gasteiger partial charge in [0.15, 0.2) is 5.84 Å². The van der Waals surface area contributed by atoms with Crippen molar-refractivity contribution < 1.29 is 8.42 Å². The average molecular weight is 337 g/mol. The summed E-state index contributed by atoms with van der Waals surface area (Å²) in [5, 5.41) is 2.00. The van der Waals surface area contributed by atoms with Gasteiger partial charge in [-0.25, -0.2) is 5.43 Å². The SMILES string of the molecule is CCNN1C(c2ccncc2)=NS(=O)(=O)c2cc(Cl)ccc21. The third kappa shape index (κ3) is 2.58. The van der Waals surface area contributed by atoms with Crippen molar-refractivity contribution in [3.05, 3.63) is 53.3 Å². The molecular formula is C14H13ClN4O2S. The molecule has 3 rings (SSSR count). The Labute approximate surface area is 133 Å². The summed E-state index contributed by atoms with van der Waals surface area (Å²) in [6.07, 6.45) is 3.18. The number of amidine groups is 1. The molecule has 1 aromatic carbocycles. The van der Waals surface area contributed by atoms with Gasteiger partial charge in [-0.15, -0.1) is 4.40 Å². The van der Waals surface area contributed by atoms with E-state index in [2.05, 4.69) is 14.8 Å². The summed E-state index contributed by atoms with van der Waals surface area (Å²) in [6.45, 7) is 2.52. The number of fused-ring (bicyclic) bond motifs is 1. The van der Waals surface area contributed by atoms with Crippen molar-refractivity contribution in [1.82, 2.24) is 10.4 Å². The molecule has 1 aliphatic rings. The van der Waals surface area contributed by atoms with Crippen molar-refractivity contribution in [2.75, 3.05) is 11.6 Å². The first-order valence-corrected chi connectivity index (χ1v) is 8.43. The molecule has 0 saturated heterocycles. The molecule has 0 radical (unpaired) electrons. The second kappa shape index (κ2) is 5.68. The number of halogens is 1. The van der Waals surface area contributed by atoms with Crippen molar-refractivity contribution in [3.8, 4) is 0 Å². The summed E-state index contributed by atoms with van der Waals surface area (Å²) in [7, 11) is -3.81. The van der Waals surface area contributed by atoms with Gasteiger partial charge in [0.05, 0.1) is 5.69 Å². The van der Waals surface area contributed by atoms with Crippen molar-refractivity contribution in [2.45, 2.75) is 11.8 Å². The molecule has 0 aliphatic carbocycles. The lowest BCUT2D eigenvalue weighted by molar-refractivity contribution is 0.595. The van der Waals surface area contributed by atoms with E-state index in [0.717, 1.165) is 0 Å². The minimum atomic E-state index is -3.81. The van der Waals surface area contributed by atoms with Crippen LogP contribution in [0, 0.1) is 0 Å². The maximum atomic E-state index is 12.4. The van der Waals surface area contributed by atoms with Crippen LogP contribution in [0.15, 0.2) is 52.0 Å². The highest BCUT2D eigenvalue weighted by Gasteiger charge is 2.31. The Balaban J connectivity index is 2.24. The highest BCUT2D eigenvalue weighted by molar-refractivity contribution is 7.90. The molecule has 22 heavy (non-hydrogen) atoms. The predicted octanol–water partition coefficient (Wildman–Crippen LogP) is 2.21. The topological polar surface area (TPSA) is 74.7 Å². The van der Waals surface area contributed by atoms with Gasteiger partial charge < -0.3 is 0 Å². The summed E-state index contributed by atoms with van der Waals surface area (Å²) < 4.78 is 28.8. The summed E-state index contributed by atoms with van der Waals surface area (Å²) in [5.41, 5.74) is 4.27. The minimum Gasteiger partial charge on any atom is -0.265 e. The zero-order valence-electron chi connectivity index (χ0n) is 11.7. The summed E-state index contributed by atoms with van der Waals surface area (Å²) in [5.74, 6) is 0.305. The van der Waals surface area contributed by atoms with E-state index in [4.69, 9.17) is 11.6 Å². The maximum absolute atomic E-state index is 12.4. The van der Waals surface area contributed by atoms with Gasteiger partial charge >= 0.3 is 0 Å². The number of anilines is 1. The third-order valence-corrected chi connectivity index (χ3v) is 4.65. The van der Waals surface area contributed by atoms with Gasteiger partial charge in [-0.1, -0.05) is 18.5 Å². The molecule has 114 valence electrons. The molecule has 0 unspecified atom stereocenters. The van der Waals surface area contributed by atoms with Gasteiger partial charge in [-0.05, 0) is 30.3 Å². The number of aromatic nitrogens is 1. The van der Waals surface area contributed by atoms with E-state index < -0.39 is 10.0 Å². The Morgan fingerprint density at radius 3 is 2.64 bits per heavy atom. The smallest absolute Gasteiger partial charge is 0.265 e. The third-order valence-electron chi connectivity index (χ3n) is 3.11. The van der Waals surface area contributed by atoms with Gasteiger partial charge in [0.25, 0.3) is 10.0 Å². The van der Waals surface area contributed by atoms with Crippen LogP contribution in [0.1, 0.15) is 12.5 Å². The largest absolute Gasteiger partial charge is 0.286 e. The van der Waals surface area contributed by atoms with Crippen LogP contribution in [-0.4, -0.2) is 25.8 Å². The molecule has 0 bridgehead atoms. The van der Waals surface area contributed by atoms with Gasteiger partial charge in [0.1, 0.15) is 4.90 Å². The van der Waals surface area contributed by atoms with Crippen LogP contribution in [-0.2, 0) is 10.0 Å². The van der Waals surface area contributed by atoms with Gasteiger partial charge in [0, 0.05) is 29.5 Å². The Morgan fingerprint density at radius 2 is 1.95 bits per heavy atom. The first-order valence-electron chi connectivity index (χ1n) is 6.61. The van der Waals surface area contributed by atoms with E-state index in [-0.39, 0.29) is 4.90 Å². The van der Waals surface area contributed by atoms with Crippen LogP contribution in [0.25, 0.3) is 0 Å². The summed E-state index contributed by atoms with van der Waals surface area (Å²) >= 11 is 5.92. The molecule has 1 aliphatic heterocycles. The van der Waals surface area contributed by atoms with Crippen molar-refractivity contribution >= 4 is 33.1 Å². The fraction of sp³-hybridized carbons (Fsp3) is 0.143. The normalized spacial score (nSPS) is 16.1. The monoisotopic (exact) mass is 336 g/mol. The number of pyridine rings is 1. The van der Waals surface area contributed by atoms with E-state index in [0.29, 0.717) is 28.7 Å². The van der Waals surface area contributed by atoms with Crippen LogP contribution in [0.5, 0.6) is 0 Å². The zero-order chi connectivity index (χ0) is 15.7. The number of hydrogen-bond donors (Lipinski definition) is 1. The molecule has 2 heterocycles. The van der Waals surface area contributed by atoms with Gasteiger partial charge in [-0.2, -0.15) is 8.42 Å². The first kappa shape index (κ1) is 15.0.